The average molecular weight is 535 g/mol. The van der Waals surface area contributed by atoms with Crippen molar-refractivity contribution in [2.75, 3.05) is 24.8 Å². The van der Waals surface area contributed by atoms with Crippen LogP contribution >= 0.6 is 11.3 Å². The smallest absolute Gasteiger partial charge is 0.278 e. The quantitative estimate of drug-likeness (QED) is 0.399. The second-order valence-electron chi connectivity index (χ2n) is 9.33. The maximum absolute atomic E-state index is 15.7. The van der Waals surface area contributed by atoms with Crippen molar-refractivity contribution in [2.45, 2.75) is 18.6 Å². The van der Waals surface area contributed by atoms with E-state index in [-0.39, 0.29) is 24.4 Å². The van der Waals surface area contributed by atoms with Gasteiger partial charge in [0.1, 0.15) is 6.17 Å². The van der Waals surface area contributed by atoms with Gasteiger partial charge in [0.15, 0.2) is 23.1 Å². The normalized spacial score (nSPS) is 20.0. The minimum absolute atomic E-state index is 0.0441. The van der Waals surface area contributed by atoms with Gasteiger partial charge in [0.25, 0.3) is 5.91 Å². The van der Waals surface area contributed by atoms with E-state index in [4.69, 9.17) is 4.74 Å². The van der Waals surface area contributed by atoms with Crippen LogP contribution in [0.1, 0.15) is 34.1 Å². The summed E-state index contributed by atoms with van der Waals surface area (Å²) in [7, 11) is 0. The second kappa shape index (κ2) is 8.47. The Balaban J connectivity index is 1.59. The van der Waals surface area contributed by atoms with E-state index in [1.807, 2.05) is 29.3 Å². The summed E-state index contributed by atoms with van der Waals surface area (Å²) in [6.45, 7) is 0.879. The summed E-state index contributed by atoms with van der Waals surface area (Å²) in [5.74, 6) is -3.17. The van der Waals surface area contributed by atoms with Gasteiger partial charge in [-0.2, -0.15) is 0 Å². The number of halogens is 2. The van der Waals surface area contributed by atoms with E-state index < -0.39 is 40.9 Å². The SMILES string of the molecule is O=C1c2c(O)c(=O)ccn2N(C2c3ccccc3-c3scnc3-c3c2ccc(F)c3F)C2CCOCCN12. The first-order chi connectivity index (χ1) is 18.5. The molecule has 7 rings (SSSR count). The summed E-state index contributed by atoms with van der Waals surface area (Å²) in [6.07, 6.45) is 1.29. The Morgan fingerprint density at radius 3 is 2.76 bits per heavy atom. The van der Waals surface area contributed by atoms with Crippen LogP contribution in [0.25, 0.3) is 21.7 Å². The van der Waals surface area contributed by atoms with Gasteiger partial charge in [-0.1, -0.05) is 30.3 Å². The monoisotopic (exact) mass is 534 g/mol. The first kappa shape index (κ1) is 23.1. The summed E-state index contributed by atoms with van der Waals surface area (Å²) in [4.78, 5) is 32.7. The van der Waals surface area contributed by atoms with Gasteiger partial charge in [-0.15, -0.1) is 11.3 Å². The molecule has 1 amide bonds. The van der Waals surface area contributed by atoms with Crippen LogP contribution in [0.15, 0.2) is 59.0 Å². The highest BCUT2D eigenvalue weighted by Gasteiger charge is 2.46. The molecule has 1 fully saturated rings. The predicted molar refractivity (Wildman–Crippen MR) is 136 cm³/mol. The number of ether oxygens (including phenoxy) is 1. The zero-order chi connectivity index (χ0) is 26.1. The van der Waals surface area contributed by atoms with Gasteiger partial charge < -0.3 is 14.7 Å². The predicted octanol–water partition coefficient (Wildman–Crippen LogP) is 3.87. The van der Waals surface area contributed by atoms with Gasteiger partial charge in [0.05, 0.1) is 35.3 Å². The molecule has 0 bridgehead atoms. The van der Waals surface area contributed by atoms with Crippen molar-refractivity contribution in [3.05, 3.63) is 92.9 Å². The summed E-state index contributed by atoms with van der Waals surface area (Å²) >= 11 is 1.33. The highest BCUT2D eigenvalue weighted by molar-refractivity contribution is 7.13. The highest BCUT2D eigenvalue weighted by atomic mass is 32.1. The molecule has 1 N–H and O–H groups in total. The summed E-state index contributed by atoms with van der Waals surface area (Å²) in [5.41, 5.74) is 3.15. The average Bonchev–Trinajstić information content (AvgIpc) is 3.21. The molecule has 0 radical (unpaired) electrons. The van der Waals surface area contributed by atoms with E-state index in [0.29, 0.717) is 29.2 Å². The molecule has 4 heterocycles. The Labute approximate surface area is 218 Å². The Hall–Kier alpha value is -4.09. The van der Waals surface area contributed by atoms with Crippen LogP contribution in [0.4, 0.5) is 8.78 Å². The largest absolute Gasteiger partial charge is 0.502 e. The lowest BCUT2D eigenvalue weighted by atomic mass is 9.92. The molecule has 1 aliphatic carbocycles. The van der Waals surface area contributed by atoms with Gasteiger partial charge in [-0.25, -0.2) is 13.8 Å². The molecule has 4 aromatic rings. The molecular formula is C27H20F2N4O4S. The van der Waals surface area contributed by atoms with Crippen LogP contribution in [-0.2, 0) is 4.74 Å². The van der Waals surface area contributed by atoms with E-state index in [9.17, 15) is 19.1 Å². The van der Waals surface area contributed by atoms with Crippen molar-refractivity contribution < 1.29 is 23.4 Å². The summed E-state index contributed by atoms with van der Waals surface area (Å²) < 4.78 is 37.5. The van der Waals surface area contributed by atoms with Gasteiger partial charge in [-0.05, 0) is 22.8 Å². The van der Waals surface area contributed by atoms with Crippen LogP contribution in [0.2, 0.25) is 0 Å². The van der Waals surface area contributed by atoms with Crippen LogP contribution < -0.4 is 10.4 Å². The van der Waals surface area contributed by atoms with Gasteiger partial charge in [0, 0.05) is 30.8 Å². The van der Waals surface area contributed by atoms with E-state index in [2.05, 4.69) is 4.98 Å². The first-order valence-electron chi connectivity index (χ1n) is 12.1. The number of rotatable bonds is 1. The zero-order valence-corrected chi connectivity index (χ0v) is 20.6. The Morgan fingerprint density at radius 1 is 1.05 bits per heavy atom. The fraction of sp³-hybridized carbons (Fsp3) is 0.222. The number of amides is 1. The molecule has 0 saturated carbocycles. The lowest BCUT2D eigenvalue weighted by Gasteiger charge is -2.49. The number of hydrogen-bond acceptors (Lipinski definition) is 7. The van der Waals surface area contributed by atoms with Crippen molar-refractivity contribution in [1.29, 1.82) is 0 Å². The first-order valence-corrected chi connectivity index (χ1v) is 13.0. The summed E-state index contributed by atoms with van der Waals surface area (Å²) in [6, 6.07) is 10.6. The minimum atomic E-state index is -1.01. The molecule has 192 valence electrons. The number of aromatic hydroxyl groups is 1. The number of nitrogens with zero attached hydrogens (tertiary/aromatic N) is 4. The fourth-order valence-electron chi connectivity index (χ4n) is 5.80. The van der Waals surface area contributed by atoms with Crippen LogP contribution in [0, 0.1) is 11.6 Å². The fourth-order valence-corrected chi connectivity index (χ4v) is 6.64. The minimum Gasteiger partial charge on any atom is -0.502 e. The molecule has 3 aliphatic rings. The van der Waals surface area contributed by atoms with Crippen LogP contribution in [0.5, 0.6) is 5.75 Å². The molecular weight excluding hydrogens is 514 g/mol. The molecule has 2 aliphatic heterocycles. The highest BCUT2D eigenvalue weighted by Crippen LogP contribution is 2.50. The third-order valence-corrected chi connectivity index (χ3v) is 8.28. The lowest BCUT2D eigenvalue weighted by Crippen LogP contribution is -2.62. The maximum Gasteiger partial charge on any atom is 0.278 e. The van der Waals surface area contributed by atoms with Gasteiger partial charge in [-0.3, -0.25) is 19.3 Å². The van der Waals surface area contributed by atoms with E-state index >= 15 is 4.39 Å². The number of fused-ring (bicyclic) bond motifs is 7. The molecule has 2 aromatic heterocycles. The standard InChI is InChI=1S/C27H20F2N4O4S/c28-17-6-5-16-20(21(17)29)22-26(38-13-30-22)15-4-2-1-3-14(15)23(16)33-19-8-11-37-12-10-31(19)27(36)24-25(35)18(34)7-9-32(24)33/h1-7,9,13,19,23,35H,8,10-12H2. The van der Waals surface area contributed by atoms with Crippen molar-refractivity contribution in [3.8, 4) is 27.4 Å². The number of aromatic nitrogens is 2. The van der Waals surface area contributed by atoms with Gasteiger partial charge in [0.2, 0.25) is 5.43 Å². The maximum atomic E-state index is 15.7. The number of thiazole rings is 1. The van der Waals surface area contributed by atoms with Crippen molar-refractivity contribution in [3.63, 3.8) is 0 Å². The topological polar surface area (TPSA) is 87.9 Å². The van der Waals surface area contributed by atoms with Crippen molar-refractivity contribution >= 4 is 17.2 Å². The van der Waals surface area contributed by atoms with E-state index in [1.54, 1.807) is 16.5 Å². The Morgan fingerprint density at radius 2 is 1.89 bits per heavy atom. The van der Waals surface area contributed by atoms with E-state index in [1.165, 1.54) is 28.3 Å². The molecule has 2 unspecified atom stereocenters. The number of benzene rings is 2. The van der Waals surface area contributed by atoms with Crippen LogP contribution in [0.3, 0.4) is 0 Å². The molecule has 1 saturated heterocycles. The zero-order valence-electron chi connectivity index (χ0n) is 19.8. The second-order valence-corrected chi connectivity index (χ2v) is 10.2. The number of pyridine rings is 1. The number of hydrogen-bond donors (Lipinski definition) is 1. The number of carbonyl (C=O) groups excluding carboxylic acids is 1. The Bertz CT molecular complexity index is 1690. The summed E-state index contributed by atoms with van der Waals surface area (Å²) in [5, 5.41) is 12.6. The van der Waals surface area contributed by atoms with Crippen LogP contribution in [-0.4, -0.2) is 51.5 Å². The number of carbonyl (C=O) groups is 1. The third-order valence-electron chi connectivity index (χ3n) is 7.42. The molecule has 2 atom stereocenters. The molecule has 38 heavy (non-hydrogen) atoms. The molecule has 11 heteroatoms. The lowest BCUT2D eigenvalue weighted by molar-refractivity contribution is 0.0557. The molecule has 0 spiro atoms. The van der Waals surface area contributed by atoms with Crippen molar-refractivity contribution in [2.24, 2.45) is 0 Å². The third kappa shape index (κ3) is 3.12. The van der Waals surface area contributed by atoms with Gasteiger partial charge >= 0.3 is 0 Å². The molecule has 2 aromatic carbocycles. The Kier molecular flexibility index (Phi) is 5.14. The van der Waals surface area contributed by atoms with Crippen molar-refractivity contribution in [1.82, 2.24) is 14.6 Å². The van der Waals surface area contributed by atoms with E-state index in [0.717, 1.165) is 17.2 Å². The molecule has 8 nitrogen and oxygen atoms in total.